The molecule has 1 N–H and O–H groups in total. The molecule has 2 aromatic carbocycles. The van der Waals surface area contributed by atoms with E-state index in [2.05, 4.69) is 0 Å². The predicted octanol–water partition coefficient (Wildman–Crippen LogP) is 7.16. The number of sulfone groups is 1. The lowest BCUT2D eigenvalue weighted by molar-refractivity contribution is -0.162. The Morgan fingerprint density at radius 3 is 2.30 bits per heavy atom. The summed E-state index contributed by atoms with van der Waals surface area (Å²) in [6.45, 7) is 5.84. The van der Waals surface area contributed by atoms with E-state index in [1.54, 1.807) is 23.1 Å². The number of halogens is 2. The molecule has 40 heavy (non-hydrogen) atoms. The van der Waals surface area contributed by atoms with Crippen LogP contribution < -0.4 is 0 Å². The van der Waals surface area contributed by atoms with E-state index in [-0.39, 0.29) is 41.6 Å². The number of carboxylic acids is 1. The van der Waals surface area contributed by atoms with E-state index in [0.717, 1.165) is 24.0 Å². The number of rotatable bonds is 12. The molecule has 1 saturated heterocycles. The van der Waals surface area contributed by atoms with E-state index in [4.69, 9.17) is 23.2 Å². The van der Waals surface area contributed by atoms with Crippen molar-refractivity contribution in [1.82, 2.24) is 4.90 Å². The third-order valence-electron chi connectivity index (χ3n) is 8.59. The van der Waals surface area contributed by atoms with Crippen LogP contribution in [0.5, 0.6) is 0 Å². The fraction of sp³-hybridized carbons (Fsp3) is 0.548. The number of carbonyl (C=O) groups is 2. The van der Waals surface area contributed by atoms with Gasteiger partial charge in [0.1, 0.15) is 0 Å². The first-order valence-corrected chi connectivity index (χ1v) is 16.7. The number of amides is 1. The molecule has 0 aromatic heterocycles. The highest BCUT2D eigenvalue weighted by molar-refractivity contribution is 7.91. The number of carboxylic acid groups (broad SMARTS) is 1. The van der Waals surface area contributed by atoms with E-state index < -0.39 is 33.3 Å². The number of nitrogens with zero attached hydrogens (tertiary/aromatic N) is 1. The van der Waals surface area contributed by atoms with Crippen LogP contribution in [0, 0.1) is 17.3 Å². The molecule has 0 spiro atoms. The van der Waals surface area contributed by atoms with Crippen LogP contribution in [0.3, 0.4) is 0 Å². The van der Waals surface area contributed by atoms with Crippen LogP contribution in [-0.4, -0.2) is 47.8 Å². The highest BCUT2D eigenvalue weighted by Crippen LogP contribution is 2.55. The maximum absolute atomic E-state index is 14.6. The summed E-state index contributed by atoms with van der Waals surface area (Å²) < 4.78 is 26.9. The van der Waals surface area contributed by atoms with Crippen LogP contribution in [0.1, 0.15) is 82.4 Å². The van der Waals surface area contributed by atoms with Crippen LogP contribution in [0.25, 0.3) is 0 Å². The minimum Gasteiger partial charge on any atom is -0.481 e. The van der Waals surface area contributed by atoms with Gasteiger partial charge in [-0.05, 0) is 79.3 Å². The number of carbonyl (C=O) groups excluding carboxylic acids is 1. The van der Waals surface area contributed by atoms with E-state index in [9.17, 15) is 23.1 Å². The first-order chi connectivity index (χ1) is 18.9. The number of hydrogen-bond donors (Lipinski definition) is 1. The van der Waals surface area contributed by atoms with Crippen LogP contribution in [-0.2, 0) is 19.4 Å². The first-order valence-electron chi connectivity index (χ1n) is 14.1. The van der Waals surface area contributed by atoms with Gasteiger partial charge in [-0.1, -0.05) is 68.2 Å². The molecular formula is C31H39Cl2NO5S. The molecule has 1 amide bonds. The van der Waals surface area contributed by atoms with Gasteiger partial charge >= 0.3 is 5.97 Å². The van der Waals surface area contributed by atoms with Crippen molar-refractivity contribution < 1.29 is 23.1 Å². The Balaban J connectivity index is 1.91. The molecule has 1 heterocycles. The molecule has 0 radical (unpaired) electrons. The summed E-state index contributed by atoms with van der Waals surface area (Å²) in [5.74, 6) is -1.39. The van der Waals surface area contributed by atoms with Crippen molar-refractivity contribution in [1.29, 1.82) is 0 Å². The molecule has 4 atom stereocenters. The largest absolute Gasteiger partial charge is 0.481 e. The van der Waals surface area contributed by atoms with Gasteiger partial charge in [-0.15, -0.1) is 0 Å². The third kappa shape index (κ3) is 7.03. The van der Waals surface area contributed by atoms with E-state index in [1.807, 2.05) is 51.1 Å². The zero-order chi connectivity index (χ0) is 29.2. The maximum Gasteiger partial charge on any atom is 0.304 e. The lowest BCUT2D eigenvalue weighted by atomic mass is 9.65. The Labute approximate surface area is 248 Å². The molecule has 1 unspecified atom stereocenters. The van der Waals surface area contributed by atoms with Gasteiger partial charge < -0.3 is 10.0 Å². The second-order valence-corrected chi connectivity index (χ2v) is 15.1. The topological polar surface area (TPSA) is 91.8 Å². The molecule has 2 aromatic rings. The quantitative estimate of drug-likeness (QED) is 0.276. The van der Waals surface area contributed by atoms with Crippen molar-refractivity contribution in [2.75, 3.05) is 11.5 Å². The second-order valence-electron chi connectivity index (χ2n) is 12.0. The summed E-state index contributed by atoms with van der Waals surface area (Å²) in [6, 6.07) is 13.8. The average molecular weight is 609 g/mol. The Morgan fingerprint density at radius 1 is 1.07 bits per heavy atom. The number of aliphatic carboxylic acids is 1. The van der Waals surface area contributed by atoms with Gasteiger partial charge in [0.05, 0.1) is 29.4 Å². The molecule has 9 heteroatoms. The van der Waals surface area contributed by atoms with Gasteiger partial charge in [0, 0.05) is 22.0 Å². The van der Waals surface area contributed by atoms with Crippen LogP contribution in [0.15, 0.2) is 48.5 Å². The highest BCUT2D eigenvalue weighted by atomic mass is 35.5. The smallest absolute Gasteiger partial charge is 0.304 e. The Hall–Kier alpha value is -2.09. The van der Waals surface area contributed by atoms with E-state index >= 15 is 0 Å². The second kappa shape index (κ2) is 12.4. The first kappa shape index (κ1) is 30.9. The summed E-state index contributed by atoms with van der Waals surface area (Å²) >= 11 is 12.7. The predicted molar refractivity (Wildman–Crippen MR) is 159 cm³/mol. The minimum atomic E-state index is -3.47. The Morgan fingerprint density at radius 2 is 1.75 bits per heavy atom. The zero-order valence-corrected chi connectivity index (χ0v) is 25.7. The molecule has 1 aliphatic carbocycles. The van der Waals surface area contributed by atoms with Crippen LogP contribution in [0.4, 0.5) is 0 Å². The van der Waals surface area contributed by atoms with Crippen LogP contribution >= 0.6 is 23.2 Å². The van der Waals surface area contributed by atoms with Crippen molar-refractivity contribution in [2.24, 2.45) is 17.3 Å². The Kier molecular flexibility index (Phi) is 9.58. The summed E-state index contributed by atoms with van der Waals surface area (Å²) in [4.78, 5) is 28.6. The molecule has 4 rings (SSSR count). The zero-order valence-electron chi connectivity index (χ0n) is 23.4. The Bertz CT molecular complexity index is 1330. The molecule has 218 valence electrons. The van der Waals surface area contributed by atoms with Crippen molar-refractivity contribution >= 4 is 44.9 Å². The molecule has 1 aliphatic heterocycles. The van der Waals surface area contributed by atoms with Gasteiger partial charge in [-0.2, -0.15) is 0 Å². The summed E-state index contributed by atoms with van der Waals surface area (Å²) in [5.41, 5.74) is 0.565. The summed E-state index contributed by atoms with van der Waals surface area (Å²) in [5, 5.41) is 11.1. The van der Waals surface area contributed by atoms with Crippen molar-refractivity contribution in [2.45, 2.75) is 77.3 Å². The van der Waals surface area contributed by atoms with Gasteiger partial charge in [-0.25, -0.2) is 8.42 Å². The fourth-order valence-electron chi connectivity index (χ4n) is 6.20. The molecule has 0 bridgehead atoms. The molecule has 2 aliphatic rings. The molecule has 2 fully saturated rings. The third-order valence-corrected chi connectivity index (χ3v) is 10.8. The summed E-state index contributed by atoms with van der Waals surface area (Å²) in [7, 11) is -3.47. The maximum atomic E-state index is 14.6. The van der Waals surface area contributed by atoms with Gasteiger partial charge in [0.25, 0.3) is 0 Å². The number of hydrogen-bond acceptors (Lipinski definition) is 4. The van der Waals surface area contributed by atoms with Crippen molar-refractivity contribution in [3.8, 4) is 0 Å². The lowest BCUT2D eigenvalue weighted by Gasteiger charge is -2.53. The summed E-state index contributed by atoms with van der Waals surface area (Å²) in [6.07, 6.45) is 2.55. The standard InChI is InChI=1S/C31H39Cl2NO5S/c1-4-31(18-28(35)36)17-26(23-6-5-7-25(33)16-23)29(22-10-12-24(32)13-11-22)34(30(31)37)27(21-8-9-21)19-40(38,39)15-14-20(2)3/h5-7,10-13,16,20-21,26-27,29H,4,8-9,14-15,17-19H2,1-3H3,(H,35,36)/t26-,27?,29-,31-/m1/s1. The number of likely N-dealkylation sites (tertiary alicyclic amines) is 1. The number of piperidine rings is 1. The highest BCUT2D eigenvalue weighted by Gasteiger charge is 2.56. The van der Waals surface area contributed by atoms with Gasteiger partial charge in [0.2, 0.25) is 5.91 Å². The molecule has 6 nitrogen and oxygen atoms in total. The fourth-order valence-corrected chi connectivity index (χ4v) is 8.48. The number of benzene rings is 2. The van der Waals surface area contributed by atoms with Crippen LogP contribution in [0.2, 0.25) is 10.0 Å². The SMILES string of the molecule is CC[C@]1(CC(=O)O)C[C@H](c2cccc(Cl)c2)[C@@H](c2ccc(Cl)cc2)N(C(CS(=O)(=O)CCC(C)C)C2CC2)C1=O. The lowest BCUT2D eigenvalue weighted by Crippen LogP contribution is -2.59. The van der Waals surface area contributed by atoms with E-state index in [0.29, 0.717) is 29.3 Å². The van der Waals surface area contributed by atoms with Crippen molar-refractivity contribution in [3.05, 3.63) is 69.7 Å². The minimum absolute atomic E-state index is 0.0464. The van der Waals surface area contributed by atoms with Gasteiger partial charge in [-0.3, -0.25) is 9.59 Å². The molecular weight excluding hydrogens is 569 g/mol. The molecule has 1 saturated carbocycles. The normalized spacial score (nSPS) is 24.4. The van der Waals surface area contributed by atoms with Crippen molar-refractivity contribution in [3.63, 3.8) is 0 Å². The average Bonchev–Trinajstić information content (AvgIpc) is 3.73. The van der Waals surface area contributed by atoms with E-state index in [1.165, 1.54) is 0 Å². The monoisotopic (exact) mass is 607 g/mol. The van der Waals surface area contributed by atoms with Gasteiger partial charge in [0.15, 0.2) is 9.84 Å².